The van der Waals surface area contributed by atoms with Gasteiger partial charge < -0.3 is 20.1 Å². The van der Waals surface area contributed by atoms with Crippen molar-refractivity contribution in [2.75, 3.05) is 17.2 Å². The molecule has 2 aromatic carbocycles. The highest BCUT2D eigenvalue weighted by molar-refractivity contribution is 5.99. The molecule has 0 aliphatic carbocycles. The lowest BCUT2D eigenvalue weighted by Gasteiger charge is -2.19. The Labute approximate surface area is 147 Å². The van der Waals surface area contributed by atoms with Gasteiger partial charge in [0.15, 0.2) is 6.61 Å². The molecule has 2 N–H and O–H groups in total. The summed E-state index contributed by atoms with van der Waals surface area (Å²) in [6, 6.07) is 15.5. The molecule has 0 fully saturated rings. The average Bonchev–Trinajstić information content (AvgIpc) is 2.53. The molecular weight excluding hydrogens is 320 g/mol. The molecule has 2 aromatic rings. The molecular formula is C19H22N2O4. The quantitative estimate of drug-likeness (QED) is 0.804. The monoisotopic (exact) mass is 342 g/mol. The first-order valence-electron chi connectivity index (χ1n) is 7.89. The lowest BCUT2D eigenvalue weighted by molar-refractivity contribution is -0.157. The van der Waals surface area contributed by atoms with Gasteiger partial charge in [0.05, 0.1) is 0 Å². The fourth-order valence-electron chi connectivity index (χ4n) is 1.96. The highest BCUT2D eigenvalue weighted by Gasteiger charge is 2.16. The van der Waals surface area contributed by atoms with Crippen molar-refractivity contribution in [3.05, 3.63) is 54.6 Å². The maximum absolute atomic E-state index is 11.9. The topological polar surface area (TPSA) is 76.7 Å². The number of hydrogen-bond acceptors (Lipinski definition) is 4. The molecule has 132 valence electrons. The minimum Gasteiger partial charge on any atom is -0.482 e. The number of anilines is 2. The number of para-hydroxylation sites is 1. The van der Waals surface area contributed by atoms with E-state index in [2.05, 4.69) is 10.6 Å². The van der Waals surface area contributed by atoms with Gasteiger partial charge in [-0.1, -0.05) is 18.2 Å². The highest BCUT2D eigenvalue weighted by atomic mass is 16.6. The maximum atomic E-state index is 11.9. The van der Waals surface area contributed by atoms with Crippen LogP contribution in [0.25, 0.3) is 0 Å². The second-order valence-corrected chi connectivity index (χ2v) is 6.34. The lowest BCUT2D eigenvalue weighted by atomic mass is 10.2. The van der Waals surface area contributed by atoms with Crippen molar-refractivity contribution in [2.24, 2.45) is 0 Å². The van der Waals surface area contributed by atoms with E-state index in [1.54, 1.807) is 57.2 Å². The summed E-state index contributed by atoms with van der Waals surface area (Å²) in [5, 5.41) is 5.44. The third-order valence-corrected chi connectivity index (χ3v) is 2.92. The number of carbonyl (C=O) groups excluding carboxylic acids is 2. The van der Waals surface area contributed by atoms with Gasteiger partial charge in [-0.15, -0.1) is 0 Å². The molecule has 6 nitrogen and oxygen atoms in total. The highest BCUT2D eigenvalue weighted by Crippen LogP contribution is 2.17. The molecule has 0 saturated carbocycles. The molecule has 0 radical (unpaired) electrons. The molecule has 2 amide bonds. The zero-order valence-electron chi connectivity index (χ0n) is 14.5. The van der Waals surface area contributed by atoms with Crippen LogP contribution in [-0.2, 0) is 9.53 Å². The van der Waals surface area contributed by atoms with Gasteiger partial charge in [0.1, 0.15) is 11.4 Å². The van der Waals surface area contributed by atoms with Crippen molar-refractivity contribution in [3.8, 4) is 5.75 Å². The molecule has 0 unspecified atom stereocenters. The Morgan fingerprint density at radius 2 is 1.44 bits per heavy atom. The Kier molecular flexibility index (Phi) is 6.00. The van der Waals surface area contributed by atoms with E-state index in [-0.39, 0.29) is 12.6 Å². The van der Waals surface area contributed by atoms with Crippen molar-refractivity contribution >= 4 is 23.4 Å². The molecule has 6 heteroatoms. The van der Waals surface area contributed by atoms with E-state index in [9.17, 15) is 9.59 Å². The molecule has 0 aliphatic heterocycles. The van der Waals surface area contributed by atoms with Crippen LogP contribution in [0.5, 0.6) is 5.75 Å². The van der Waals surface area contributed by atoms with Crippen LogP contribution in [-0.4, -0.2) is 24.2 Å². The van der Waals surface area contributed by atoms with Gasteiger partial charge in [-0.25, -0.2) is 9.59 Å². The minimum atomic E-state index is -0.541. The van der Waals surface area contributed by atoms with Crippen LogP contribution < -0.4 is 15.4 Å². The molecule has 0 aliphatic rings. The first-order chi connectivity index (χ1) is 11.8. The molecule has 2 rings (SSSR count). The largest absolute Gasteiger partial charge is 0.482 e. The zero-order chi connectivity index (χ0) is 18.3. The van der Waals surface area contributed by atoms with Gasteiger partial charge in [-0.05, 0) is 57.2 Å². The number of rotatable bonds is 5. The Hall–Kier alpha value is -3.02. The first-order valence-corrected chi connectivity index (χ1v) is 7.89. The maximum Gasteiger partial charge on any atom is 0.344 e. The van der Waals surface area contributed by atoms with Crippen LogP contribution in [0.1, 0.15) is 20.8 Å². The predicted molar refractivity (Wildman–Crippen MR) is 96.9 cm³/mol. The smallest absolute Gasteiger partial charge is 0.344 e. The Morgan fingerprint density at radius 3 is 2.00 bits per heavy atom. The fourth-order valence-corrected chi connectivity index (χ4v) is 1.96. The second kappa shape index (κ2) is 8.19. The third kappa shape index (κ3) is 6.95. The third-order valence-electron chi connectivity index (χ3n) is 2.92. The van der Waals surface area contributed by atoms with E-state index in [4.69, 9.17) is 9.47 Å². The second-order valence-electron chi connectivity index (χ2n) is 6.34. The standard InChI is InChI=1S/C19H22N2O4/c1-19(2,3)25-17(22)13-24-16-11-9-15(10-12-16)21-18(23)20-14-7-5-4-6-8-14/h4-12H,13H2,1-3H3,(H2,20,21,23). The number of urea groups is 1. The van der Waals surface area contributed by atoms with Gasteiger partial charge in [0, 0.05) is 11.4 Å². The van der Waals surface area contributed by atoms with E-state index in [1.165, 1.54) is 0 Å². The number of nitrogens with one attached hydrogen (secondary N) is 2. The van der Waals surface area contributed by atoms with Crippen molar-refractivity contribution in [1.29, 1.82) is 0 Å². The van der Waals surface area contributed by atoms with Crippen LogP contribution >= 0.6 is 0 Å². The van der Waals surface area contributed by atoms with Gasteiger partial charge in [-0.2, -0.15) is 0 Å². The molecule has 0 aromatic heterocycles. The zero-order valence-corrected chi connectivity index (χ0v) is 14.5. The summed E-state index contributed by atoms with van der Waals surface area (Å²) in [7, 11) is 0. The van der Waals surface area contributed by atoms with E-state index in [1.807, 2.05) is 18.2 Å². The summed E-state index contributed by atoms with van der Waals surface area (Å²) >= 11 is 0. The van der Waals surface area contributed by atoms with Crippen molar-refractivity contribution in [2.45, 2.75) is 26.4 Å². The molecule has 25 heavy (non-hydrogen) atoms. The van der Waals surface area contributed by atoms with Gasteiger partial charge in [0.25, 0.3) is 0 Å². The Morgan fingerprint density at radius 1 is 0.880 bits per heavy atom. The summed E-state index contributed by atoms with van der Waals surface area (Å²) < 4.78 is 10.5. The van der Waals surface area contributed by atoms with Crippen molar-refractivity contribution in [1.82, 2.24) is 0 Å². The van der Waals surface area contributed by atoms with Crippen LogP contribution in [0, 0.1) is 0 Å². The van der Waals surface area contributed by atoms with Crippen molar-refractivity contribution < 1.29 is 19.1 Å². The number of esters is 1. The van der Waals surface area contributed by atoms with E-state index >= 15 is 0 Å². The first kappa shape index (κ1) is 18.3. The summed E-state index contributed by atoms with van der Waals surface area (Å²) in [5.41, 5.74) is 0.774. The minimum absolute atomic E-state index is 0.168. The summed E-state index contributed by atoms with van der Waals surface area (Å²) in [6.45, 7) is 5.22. The predicted octanol–water partition coefficient (Wildman–Crippen LogP) is 4.05. The fraction of sp³-hybridized carbons (Fsp3) is 0.263. The molecule has 0 atom stereocenters. The average molecular weight is 342 g/mol. The lowest BCUT2D eigenvalue weighted by Crippen LogP contribution is -2.27. The molecule has 0 saturated heterocycles. The van der Waals surface area contributed by atoms with Crippen LogP contribution in [0.15, 0.2) is 54.6 Å². The molecule has 0 spiro atoms. The van der Waals surface area contributed by atoms with Crippen molar-refractivity contribution in [3.63, 3.8) is 0 Å². The van der Waals surface area contributed by atoms with Gasteiger partial charge in [0.2, 0.25) is 0 Å². The van der Waals surface area contributed by atoms with Gasteiger partial charge >= 0.3 is 12.0 Å². The summed E-state index contributed by atoms with van der Waals surface area (Å²) in [6.07, 6.45) is 0. The number of amides is 2. The normalized spacial score (nSPS) is 10.7. The van der Waals surface area contributed by atoms with E-state index in [0.29, 0.717) is 17.1 Å². The number of benzene rings is 2. The van der Waals surface area contributed by atoms with Crippen LogP contribution in [0.4, 0.5) is 16.2 Å². The molecule has 0 heterocycles. The molecule has 0 bridgehead atoms. The SMILES string of the molecule is CC(C)(C)OC(=O)COc1ccc(NC(=O)Nc2ccccc2)cc1. The summed E-state index contributed by atoms with van der Waals surface area (Å²) in [4.78, 5) is 23.5. The number of hydrogen-bond donors (Lipinski definition) is 2. The van der Waals surface area contributed by atoms with Crippen LogP contribution in [0.3, 0.4) is 0 Å². The van der Waals surface area contributed by atoms with E-state index in [0.717, 1.165) is 0 Å². The van der Waals surface area contributed by atoms with E-state index < -0.39 is 11.6 Å². The van der Waals surface area contributed by atoms with Gasteiger partial charge in [-0.3, -0.25) is 0 Å². The number of carbonyl (C=O) groups is 2. The Balaban J connectivity index is 1.81. The van der Waals surface area contributed by atoms with Crippen LogP contribution in [0.2, 0.25) is 0 Å². The Bertz CT molecular complexity index is 706. The number of ether oxygens (including phenoxy) is 2. The summed E-state index contributed by atoms with van der Waals surface area (Å²) in [5.74, 6) is 0.0804.